The fraction of sp³-hybridized carbons (Fsp3) is 0.611. The smallest absolute Gasteiger partial charge is 0.314 e. The van der Waals surface area contributed by atoms with Crippen LogP contribution in [0.5, 0.6) is 5.75 Å². The van der Waals surface area contributed by atoms with Gasteiger partial charge >= 0.3 is 5.97 Å². The molecular weight excluding hydrogens is 344 g/mol. The van der Waals surface area contributed by atoms with Crippen LogP contribution in [0.1, 0.15) is 56.1 Å². The molecule has 0 radical (unpaired) electrons. The van der Waals surface area contributed by atoms with Crippen molar-refractivity contribution in [3.63, 3.8) is 0 Å². The zero-order valence-corrected chi connectivity index (χ0v) is 14.6. The highest BCUT2D eigenvalue weighted by Gasteiger charge is 2.45. The van der Waals surface area contributed by atoms with E-state index in [9.17, 15) is 9.90 Å². The van der Waals surface area contributed by atoms with Gasteiger partial charge in [0.2, 0.25) is 0 Å². The first-order chi connectivity index (χ1) is 10.5. The molecule has 0 bridgehead atoms. The molecule has 0 unspecified atom stereocenters. The number of aryl methyl sites for hydroxylation is 1. The fourth-order valence-electron chi connectivity index (χ4n) is 3.67. The topological polar surface area (TPSA) is 46.5 Å². The van der Waals surface area contributed by atoms with Crippen LogP contribution in [0.15, 0.2) is 16.6 Å². The van der Waals surface area contributed by atoms with Crippen LogP contribution in [0.25, 0.3) is 0 Å². The van der Waals surface area contributed by atoms with Crippen molar-refractivity contribution in [1.82, 2.24) is 0 Å². The third-order valence-corrected chi connectivity index (χ3v) is 5.85. The summed E-state index contributed by atoms with van der Waals surface area (Å²) in [5.41, 5.74) is 1.16. The van der Waals surface area contributed by atoms with Crippen molar-refractivity contribution >= 4 is 21.9 Å². The number of benzene rings is 1. The van der Waals surface area contributed by atoms with Crippen molar-refractivity contribution in [2.24, 2.45) is 5.92 Å². The van der Waals surface area contributed by atoms with E-state index in [-0.39, 0.29) is 0 Å². The van der Waals surface area contributed by atoms with E-state index < -0.39 is 11.4 Å². The largest absolute Gasteiger partial charge is 0.492 e. The van der Waals surface area contributed by atoms with E-state index in [0.29, 0.717) is 25.4 Å². The highest BCUT2D eigenvalue weighted by molar-refractivity contribution is 9.10. The third-order valence-electron chi connectivity index (χ3n) is 5.26. The Morgan fingerprint density at radius 2 is 2.00 bits per heavy atom. The number of carboxylic acid groups (broad SMARTS) is 1. The fourth-order valence-corrected chi connectivity index (χ4v) is 4.36. The van der Waals surface area contributed by atoms with E-state index in [1.807, 2.05) is 19.1 Å². The molecule has 120 valence electrons. The Balaban J connectivity index is 1.98. The van der Waals surface area contributed by atoms with Gasteiger partial charge in [0, 0.05) is 5.56 Å². The van der Waals surface area contributed by atoms with E-state index in [1.165, 1.54) is 19.3 Å². The van der Waals surface area contributed by atoms with Crippen LogP contribution in [0, 0.1) is 12.8 Å². The summed E-state index contributed by atoms with van der Waals surface area (Å²) in [5.74, 6) is 0.670. The molecule has 0 aromatic heterocycles. The molecule has 1 aromatic rings. The third kappa shape index (κ3) is 2.78. The summed E-state index contributed by atoms with van der Waals surface area (Å²) >= 11 is 3.59. The molecule has 3 rings (SSSR count). The number of rotatable bonds is 5. The number of ether oxygens (including phenoxy) is 1. The molecular formula is C18H23BrO3. The summed E-state index contributed by atoms with van der Waals surface area (Å²) in [6, 6.07) is 4.03. The van der Waals surface area contributed by atoms with Gasteiger partial charge in [-0.2, -0.15) is 0 Å². The number of carboxylic acids is 1. The lowest BCUT2D eigenvalue weighted by Crippen LogP contribution is -2.33. The van der Waals surface area contributed by atoms with Crippen molar-refractivity contribution < 1.29 is 14.6 Å². The molecule has 0 amide bonds. The Morgan fingerprint density at radius 1 is 1.32 bits per heavy atom. The molecule has 2 saturated carbocycles. The maximum Gasteiger partial charge on any atom is 0.314 e. The molecule has 0 aliphatic heterocycles. The highest BCUT2D eigenvalue weighted by Crippen LogP contribution is 2.48. The van der Waals surface area contributed by atoms with Crippen molar-refractivity contribution in [2.45, 2.75) is 57.3 Å². The number of hydrogen-bond acceptors (Lipinski definition) is 2. The predicted molar refractivity (Wildman–Crippen MR) is 89.5 cm³/mol. The minimum atomic E-state index is -0.774. The Labute approximate surface area is 140 Å². The van der Waals surface area contributed by atoms with E-state index in [0.717, 1.165) is 34.2 Å². The van der Waals surface area contributed by atoms with Gasteiger partial charge in [0.1, 0.15) is 5.75 Å². The monoisotopic (exact) mass is 366 g/mol. The van der Waals surface area contributed by atoms with Crippen LogP contribution in [0.3, 0.4) is 0 Å². The minimum absolute atomic E-state index is 0.630. The molecule has 2 aliphatic rings. The van der Waals surface area contributed by atoms with Gasteiger partial charge < -0.3 is 9.84 Å². The number of aliphatic carboxylic acids is 1. The normalized spacial score (nSPS) is 20.6. The van der Waals surface area contributed by atoms with Crippen LogP contribution < -0.4 is 4.74 Å². The van der Waals surface area contributed by atoms with Gasteiger partial charge in [-0.05, 0) is 66.1 Å². The molecule has 2 fully saturated rings. The standard InChI is InChI=1S/C18H23BrO3/c1-12-9-14(18(17(20)21)7-2-3-8-18)16(15(19)10-12)22-11-13-5-4-6-13/h9-10,13H,2-8,11H2,1H3,(H,20,21). The van der Waals surface area contributed by atoms with E-state index in [1.54, 1.807) is 0 Å². The average Bonchev–Trinajstić information content (AvgIpc) is 2.89. The second kappa shape index (κ2) is 6.23. The summed E-state index contributed by atoms with van der Waals surface area (Å²) in [6.07, 6.45) is 7.09. The van der Waals surface area contributed by atoms with E-state index in [2.05, 4.69) is 15.9 Å². The second-order valence-corrected chi connectivity index (χ2v) is 7.68. The molecule has 4 heteroatoms. The lowest BCUT2D eigenvalue weighted by Gasteiger charge is -2.30. The molecule has 22 heavy (non-hydrogen) atoms. The Hall–Kier alpha value is -1.03. The summed E-state index contributed by atoms with van der Waals surface area (Å²) < 4.78 is 6.99. The van der Waals surface area contributed by atoms with Gasteiger partial charge in [0.25, 0.3) is 0 Å². The van der Waals surface area contributed by atoms with Crippen LogP contribution in [0.4, 0.5) is 0 Å². The molecule has 1 aromatic carbocycles. The molecule has 0 heterocycles. The zero-order valence-electron chi connectivity index (χ0n) is 13.0. The van der Waals surface area contributed by atoms with Gasteiger partial charge in [-0.1, -0.05) is 25.3 Å². The quantitative estimate of drug-likeness (QED) is 0.811. The van der Waals surface area contributed by atoms with E-state index in [4.69, 9.17) is 4.74 Å². The van der Waals surface area contributed by atoms with Crippen LogP contribution >= 0.6 is 15.9 Å². The summed E-state index contributed by atoms with van der Waals surface area (Å²) in [6.45, 7) is 2.71. The van der Waals surface area contributed by atoms with Gasteiger partial charge in [-0.15, -0.1) is 0 Å². The molecule has 0 spiro atoms. The predicted octanol–water partition coefficient (Wildman–Crippen LogP) is 4.83. The first-order valence-corrected chi connectivity index (χ1v) is 8.99. The highest BCUT2D eigenvalue weighted by atomic mass is 79.9. The Kier molecular flexibility index (Phi) is 4.49. The van der Waals surface area contributed by atoms with Crippen molar-refractivity contribution in [1.29, 1.82) is 0 Å². The van der Waals surface area contributed by atoms with Crippen LogP contribution in [-0.2, 0) is 10.2 Å². The Bertz CT molecular complexity index is 572. The minimum Gasteiger partial charge on any atom is -0.492 e. The molecule has 0 saturated heterocycles. The average molecular weight is 367 g/mol. The summed E-state index contributed by atoms with van der Waals surface area (Å²) in [4.78, 5) is 12.0. The zero-order chi connectivity index (χ0) is 15.7. The Morgan fingerprint density at radius 3 is 2.55 bits per heavy atom. The maximum atomic E-state index is 12.0. The first-order valence-electron chi connectivity index (χ1n) is 8.20. The van der Waals surface area contributed by atoms with Crippen LogP contribution in [-0.4, -0.2) is 17.7 Å². The van der Waals surface area contributed by atoms with Crippen molar-refractivity contribution in [3.8, 4) is 5.75 Å². The lowest BCUT2D eigenvalue weighted by atomic mass is 9.78. The number of carbonyl (C=O) groups is 1. The molecule has 1 N–H and O–H groups in total. The second-order valence-electron chi connectivity index (χ2n) is 6.83. The SMILES string of the molecule is Cc1cc(Br)c(OCC2CCC2)c(C2(C(=O)O)CCCC2)c1. The summed E-state index contributed by atoms with van der Waals surface area (Å²) in [7, 11) is 0. The number of halogens is 1. The summed E-state index contributed by atoms with van der Waals surface area (Å²) in [5, 5.41) is 9.89. The van der Waals surface area contributed by atoms with E-state index >= 15 is 0 Å². The number of hydrogen-bond donors (Lipinski definition) is 1. The van der Waals surface area contributed by atoms with Crippen LogP contribution in [0.2, 0.25) is 0 Å². The molecule has 2 aliphatic carbocycles. The lowest BCUT2D eigenvalue weighted by molar-refractivity contribution is -0.143. The van der Waals surface area contributed by atoms with Crippen molar-refractivity contribution in [2.75, 3.05) is 6.61 Å². The van der Waals surface area contributed by atoms with Gasteiger partial charge in [0.05, 0.1) is 16.5 Å². The van der Waals surface area contributed by atoms with Crippen molar-refractivity contribution in [3.05, 3.63) is 27.7 Å². The van der Waals surface area contributed by atoms with Gasteiger partial charge in [0.15, 0.2) is 0 Å². The maximum absolute atomic E-state index is 12.0. The molecule has 3 nitrogen and oxygen atoms in total. The first kappa shape index (κ1) is 15.9. The van der Waals surface area contributed by atoms with Gasteiger partial charge in [-0.25, -0.2) is 0 Å². The molecule has 0 atom stereocenters. The van der Waals surface area contributed by atoms with Gasteiger partial charge in [-0.3, -0.25) is 4.79 Å².